The van der Waals surface area contributed by atoms with Crippen molar-refractivity contribution in [3.63, 3.8) is 0 Å². The van der Waals surface area contributed by atoms with Crippen LogP contribution in [0.1, 0.15) is 102 Å². The van der Waals surface area contributed by atoms with Crippen molar-refractivity contribution in [3.05, 3.63) is 58.0 Å². The maximum Gasteiger partial charge on any atom is 0.141 e. The van der Waals surface area contributed by atoms with Crippen LogP contribution < -0.4 is 0 Å². The topological polar surface area (TPSA) is 26.0 Å². The highest BCUT2D eigenvalue weighted by atomic mass is 16.5. The molecule has 0 fully saturated rings. The van der Waals surface area contributed by atoms with Gasteiger partial charge in [-0.3, -0.25) is 0 Å². The summed E-state index contributed by atoms with van der Waals surface area (Å²) in [4.78, 5) is 0. The van der Waals surface area contributed by atoms with Crippen molar-refractivity contribution in [2.75, 3.05) is 0 Å². The first-order chi connectivity index (χ1) is 13.2. The van der Waals surface area contributed by atoms with E-state index in [1.165, 1.54) is 53.5 Å². The number of fused-ring (bicyclic) bond motifs is 1. The van der Waals surface area contributed by atoms with Crippen molar-refractivity contribution < 1.29 is 4.52 Å². The maximum absolute atomic E-state index is 5.46. The summed E-state index contributed by atoms with van der Waals surface area (Å²) in [5.41, 5.74) is 9.26. The second-order valence-electron chi connectivity index (χ2n) is 10.1. The molecule has 0 bridgehead atoms. The van der Waals surface area contributed by atoms with Crippen molar-refractivity contribution in [3.8, 4) is 0 Å². The fourth-order valence-corrected chi connectivity index (χ4v) is 4.56. The molecule has 1 aliphatic rings. The van der Waals surface area contributed by atoms with Gasteiger partial charge in [-0.05, 0) is 78.2 Å². The summed E-state index contributed by atoms with van der Waals surface area (Å²) < 4.78 is 5.46. The fourth-order valence-electron chi connectivity index (χ4n) is 4.56. The summed E-state index contributed by atoms with van der Waals surface area (Å²) in [6.07, 6.45) is 8.65. The maximum atomic E-state index is 5.46. The predicted octanol–water partition coefficient (Wildman–Crippen LogP) is 7.40. The van der Waals surface area contributed by atoms with Crippen molar-refractivity contribution in [1.29, 1.82) is 0 Å². The first-order valence-corrected chi connectivity index (χ1v) is 10.9. The molecule has 152 valence electrons. The number of unbranched alkanes of at least 4 members (excludes halogenated alkanes) is 1. The van der Waals surface area contributed by atoms with E-state index in [1.54, 1.807) is 11.8 Å². The average molecular weight is 380 g/mol. The Morgan fingerprint density at radius 2 is 1.68 bits per heavy atom. The van der Waals surface area contributed by atoms with Crippen LogP contribution in [0.2, 0.25) is 0 Å². The Hall–Kier alpha value is -1.83. The zero-order chi connectivity index (χ0) is 20.5. The summed E-state index contributed by atoms with van der Waals surface area (Å²) in [5, 5.41) is 3.92. The molecule has 0 atom stereocenters. The number of hydrogen-bond acceptors (Lipinski definition) is 2. The zero-order valence-electron chi connectivity index (χ0n) is 18.9. The molecule has 0 N–H and O–H groups in total. The monoisotopic (exact) mass is 379 g/mol. The SMILES string of the molecule is CCCCc1cc2c(cc1C(Cc1ccno1)=C(C)C)C(C)(C)CCC2(C)C. The fraction of sp³-hybridized carbons (Fsp3) is 0.577. The lowest BCUT2D eigenvalue weighted by atomic mass is 9.62. The summed E-state index contributed by atoms with van der Waals surface area (Å²) in [6, 6.07) is 7.06. The molecule has 1 aromatic carbocycles. The van der Waals surface area contributed by atoms with Crippen LogP contribution in [0.4, 0.5) is 0 Å². The van der Waals surface area contributed by atoms with Crippen LogP contribution in [0.5, 0.6) is 0 Å². The van der Waals surface area contributed by atoms with Gasteiger partial charge < -0.3 is 4.52 Å². The summed E-state index contributed by atoms with van der Waals surface area (Å²) in [6.45, 7) is 16.4. The molecular formula is C26H37NO. The van der Waals surface area contributed by atoms with E-state index in [0.717, 1.165) is 18.6 Å². The molecule has 0 radical (unpaired) electrons. The Morgan fingerprint density at radius 3 is 2.21 bits per heavy atom. The van der Waals surface area contributed by atoms with E-state index in [2.05, 4.69) is 65.8 Å². The highest BCUT2D eigenvalue weighted by Crippen LogP contribution is 2.47. The molecule has 0 spiro atoms. The van der Waals surface area contributed by atoms with Crippen molar-refractivity contribution in [2.45, 2.75) is 97.8 Å². The van der Waals surface area contributed by atoms with Gasteiger partial charge in [0, 0.05) is 12.5 Å². The number of aromatic nitrogens is 1. The standard InChI is InChI=1S/C26H37NO/c1-8-9-10-19-15-23-24(26(6,7)13-12-25(23,4)5)17-22(19)21(18(2)3)16-20-11-14-27-28-20/h11,14-15,17H,8-10,12-13,16H2,1-7H3. The van der Waals surface area contributed by atoms with Crippen molar-refractivity contribution in [1.82, 2.24) is 5.16 Å². The van der Waals surface area contributed by atoms with Crippen LogP contribution in [0.25, 0.3) is 5.57 Å². The molecule has 0 saturated carbocycles. The lowest BCUT2D eigenvalue weighted by Crippen LogP contribution is -2.34. The van der Waals surface area contributed by atoms with E-state index in [9.17, 15) is 0 Å². The van der Waals surface area contributed by atoms with E-state index in [4.69, 9.17) is 4.52 Å². The van der Waals surface area contributed by atoms with Crippen molar-refractivity contribution in [2.24, 2.45) is 0 Å². The third-order valence-corrected chi connectivity index (χ3v) is 6.65. The molecule has 0 saturated heterocycles. The third kappa shape index (κ3) is 4.11. The van der Waals surface area contributed by atoms with Gasteiger partial charge in [-0.1, -0.05) is 63.9 Å². The van der Waals surface area contributed by atoms with E-state index in [0.29, 0.717) is 0 Å². The minimum Gasteiger partial charge on any atom is -0.361 e. The molecule has 0 unspecified atom stereocenters. The van der Waals surface area contributed by atoms with Gasteiger partial charge in [0.05, 0.1) is 6.20 Å². The van der Waals surface area contributed by atoms with Gasteiger partial charge in [0.15, 0.2) is 0 Å². The van der Waals surface area contributed by atoms with Gasteiger partial charge in [0.25, 0.3) is 0 Å². The second kappa shape index (κ2) is 7.89. The van der Waals surface area contributed by atoms with Crippen LogP contribution in [-0.4, -0.2) is 5.16 Å². The second-order valence-corrected chi connectivity index (χ2v) is 10.1. The number of nitrogens with zero attached hydrogens (tertiary/aromatic N) is 1. The summed E-state index contributed by atoms with van der Waals surface area (Å²) in [5.74, 6) is 0.940. The number of benzene rings is 1. The van der Waals surface area contributed by atoms with E-state index in [1.807, 2.05) is 6.07 Å². The Labute approximate surface area is 171 Å². The average Bonchev–Trinajstić information content (AvgIpc) is 3.14. The van der Waals surface area contributed by atoms with E-state index < -0.39 is 0 Å². The van der Waals surface area contributed by atoms with Crippen LogP contribution in [0.15, 0.2) is 34.5 Å². The van der Waals surface area contributed by atoms with E-state index >= 15 is 0 Å². The van der Waals surface area contributed by atoms with Crippen molar-refractivity contribution >= 4 is 5.57 Å². The molecule has 1 aliphatic carbocycles. The smallest absolute Gasteiger partial charge is 0.141 e. The van der Waals surface area contributed by atoms with Gasteiger partial charge in [-0.2, -0.15) is 0 Å². The van der Waals surface area contributed by atoms with Gasteiger partial charge >= 0.3 is 0 Å². The lowest BCUT2D eigenvalue weighted by molar-refractivity contribution is 0.331. The third-order valence-electron chi connectivity index (χ3n) is 6.65. The molecule has 2 heteroatoms. The first-order valence-electron chi connectivity index (χ1n) is 10.9. The van der Waals surface area contributed by atoms with Gasteiger partial charge in [0.2, 0.25) is 0 Å². The van der Waals surface area contributed by atoms with Gasteiger partial charge in [0.1, 0.15) is 5.76 Å². The molecule has 0 amide bonds. The minimum absolute atomic E-state index is 0.224. The highest BCUT2D eigenvalue weighted by molar-refractivity contribution is 5.73. The Kier molecular flexibility index (Phi) is 5.89. The zero-order valence-corrected chi connectivity index (χ0v) is 18.9. The molecule has 0 aliphatic heterocycles. The molecule has 28 heavy (non-hydrogen) atoms. The number of aryl methyl sites for hydroxylation is 1. The Balaban J connectivity index is 2.19. The minimum atomic E-state index is 0.224. The lowest BCUT2D eigenvalue weighted by Gasteiger charge is -2.42. The van der Waals surface area contributed by atoms with Crippen LogP contribution >= 0.6 is 0 Å². The molecule has 1 heterocycles. The summed E-state index contributed by atoms with van der Waals surface area (Å²) >= 11 is 0. The summed E-state index contributed by atoms with van der Waals surface area (Å²) in [7, 11) is 0. The Bertz CT molecular complexity index is 849. The molecular weight excluding hydrogens is 342 g/mol. The van der Waals surface area contributed by atoms with Gasteiger partial charge in [-0.15, -0.1) is 0 Å². The number of rotatable bonds is 6. The quantitative estimate of drug-likeness (QED) is 0.522. The highest BCUT2D eigenvalue weighted by Gasteiger charge is 2.37. The normalized spacial score (nSPS) is 17.2. The Morgan fingerprint density at radius 1 is 1.04 bits per heavy atom. The number of hydrogen-bond donors (Lipinski definition) is 0. The molecule has 1 aromatic heterocycles. The van der Waals surface area contributed by atoms with Crippen LogP contribution in [-0.2, 0) is 23.7 Å². The number of allylic oxidation sites excluding steroid dienone is 2. The largest absolute Gasteiger partial charge is 0.361 e. The molecule has 2 aromatic rings. The predicted molar refractivity (Wildman–Crippen MR) is 119 cm³/mol. The van der Waals surface area contributed by atoms with Gasteiger partial charge in [-0.25, -0.2) is 0 Å². The molecule has 3 rings (SSSR count). The van der Waals surface area contributed by atoms with E-state index in [-0.39, 0.29) is 10.8 Å². The first kappa shape index (κ1) is 20.9. The van der Waals surface area contributed by atoms with Crippen LogP contribution in [0.3, 0.4) is 0 Å². The molecule has 2 nitrogen and oxygen atoms in total. The van der Waals surface area contributed by atoms with Crippen LogP contribution in [0, 0.1) is 0 Å².